The van der Waals surface area contributed by atoms with Crippen LogP contribution in [0.5, 0.6) is 0 Å². The van der Waals surface area contributed by atoms with Crippen molar-refractivity contribution in [2.75, 3.05) is 19.6 Å². The molecule has 1 aromatic carbocycles. The van der Waals surface area contributed by atoms with E-state index in [2.05, 4.69) is 64.3 Å². The zero-order chi connectivity index (χ0) is 13.0. The highest BCUT2D eigenvalue weighted by atomic mass is 79.9. The molecular weight excluding hydrogens is 288 g/mol. The molecule has 0 aliphatic carbocycles. The van der Waals surface area contributed by atoms with Crippen LogP contribution in [0.3, 0.4) is 0 Å². The van der Waals surface area contributed by atoms with Gasteiger partial charge in [-0.05, 0) is 30.0 Å². The third-order valence-corrected chi connectivity index (χ3v) is 3.94. The summed E-state index contributed by atoms with van der Waals surface area (Å²) in [6.07, 6.45) is 1.27. The average Bonchev–Trinajstić information content (AvgIpc) is 2.32. The van der Waals surface area contributed by atoms with E-state index in [1.807, 2.05) is 0 Å². The third kappa shape index (κ3) is 4.38. The summed E-state index contributed by atoms with van der Waals surface area (Å²) >= 11 is 3.48. The Bertz CT molecular complexity index is 361. The lowest BCUT2D eigenvalue weighted by atomic mass is 10.0. The van der Waals surface area contributed by atoms with Crippen LogP contribution in [0.2, 0.25) is 0 Å². The predicted molar refractivity (Wildman–Crippen MR) is 80.7 cm³/mol. The van der Waals surface area contributed by atoms with Crippen molar-refractivity contribution in [2.45, 2.75) is 32.9 Å². The van der Waals surface area contributed by atoms with Crippen LogP contribution in [0.4, 0.5) is 0 Å². The van der Waals surface area contributed by atoms with Crippen molar-refractivity contribution < 1.29 is 0 Å². The van der Waals surface area contributed by atoms with Crippen LogP contribution < -0.4 is 5.32 Å². The first kappa shape index (κ1) is 14.0. The van der Waals surface area contributed by atoms with Gasteiger partial charge in [0.25, 0.3) is 0 Å². The molecule has 2 rings (SSSR count). The topological polar surface area (TPSA) is 15.3 Å². The quantitative estimate of drug-likeness (QED) is 0.918. The number of hydrogen-bond acceptors (Lipinski definition) is 2. The second kappa shape index (κ2) is 6.69. The minimum absolute atomic E-state index is 0.661. The predicted octanol–water partition coefficient (Wildman–Crippen LogP) is 3.27. The van der Waals surface area contributed by atoms with Crippen LogP contribution in [0.1, 0.15) is 25.8 Å². The maximum absolute atomic E-state index is 3.63. The molecular formula is C15H23BrN2. The number of benzene rings is 1. The first-order valence-electron chi connectivity index (χ1n) is 6.83. The summed E-state index contributed by atoms with van der Waals surface area (Å²) in [5.41, 5.74) is 1.41. The van der Waals surface area contributed by atoms with Crippen molar-refractivity contribution in [3.8, 4) is 0 Å². The van der Waals surface area contributed by atoms with Crippen molar-refractivity contribution >= 4 is 15.9 Å². The first-order chi connectivity index (χ1) is 8.63. The largest absolute Gasteiger partial charge is 0.311 e. The molecule has 1 fully saturated rings. The van der Waals surface area contributed by atoms with E-state index in [1.165, 1.54) is 18.5 Å². The minimum atomic E-state index is 0.661. The van der Waals surface area contributed by atoms with Crippen molar-refractivity contribution in [2.24, 2.45) is 5.92 Å². The Morgan fingerprint density at radius 1 is 1.33 bits per heavy atom. The van der Waals surface area contributed by atoms with Gasteiger partial charge in [0.15, 0.2) is 0 Å². The van der Waals surface area contributed by atoms with Crippen LogP contribution in [-0.4, -0.2) is 30.6 Å². The first-order valence-corrected chi connectivity index (χ1v) is 7.63. The fourth-order valence-corrected chi connectivity index (χ4v) is 2.88. The number of piperazine rings is 1. The normalized spacial score (nSPS) is 21.4. The third-order valence-electron chi connectivity index (χ3n) is 3.41. The summed E-state index contributed by atoms with van der Waals surface area (Å²) in [7, 11) is 0. The van der Waals surface area contributed by atoms with Gasteiger partial charge in [-0.3, -0.25) is 4.90 Å². The average molecular weight is 311 g/mol. The molecule has 3 heteroatoms. The minimum Gasteiger partial charge on any atom is -0.311 e. The highest BCUT2D eigenvalue weighted by molar-refractivity contribution is 9.10. The van der Waals surface area contributed by atoms with Gasteiger partial charge in [0.2, 0.25) is 0 Å². The number of nitrogens with one attached hydrogen (secondary N) is 1. The van der Waals surface area contributed by atoms with Crippen LogP contribution in [0, 0.1) is 5.92 Å². The SMILES string of the molecule is CC(C)CC1CN(Cc2ccc(Br)cc2)CCN1. The lowest BCUT2D eigenvalue weighted by Crippen LogP contribution is -2.50. The van der Waals surface area contributed by atoms with E-state index >= 15 is 0 Å². The van der Waals surface area contributed by atoms with Gasteiger partial charge in [0.1, 0.15) is 0 Å². The smallest absolute Gasteiger partial charge is 0.0234 e. The molecule has 1 saturated heterocycles. The Morgan fingerprint density at radius 2 is 2.06 bits per heavy atom. The molecule has 0 saturated carbocycles. The Morgan fingerprint density at radius 3 is 2.72 bits per heavy atom. The van der Waals surface area contributed by atoms with Crippen LogP contribution in [-0.2, 0) is 6.54 Å². The highest BCUT2D eigenvalue weighted by Crippen LogP contribution is 2.15. The second-order valence-electron chi connectivity index (χ2n) is 5.64. The molecule has 2 nitrogen and oxygen atoms in total. The Labute approximate surface area is 119 Å². The molecule has 1 aromatic rings. The second-order valence-corrected chi connectivity index (χ2v) is 6.56. The summed E-state index contributed by atoms with van der Waals surface area (Å²) in [6.45, 7) is 9.13. The van der Waals surface area contributed by atoms with Crippen LogP contribution >= 0.6 is 15.9 Å². The molecule has 1 unspecified atom stereocenters. The van der Waals surface area contributed by atoms with Crippen molar-refractivity contribution in [3.63, 3.8) is 0 Å². The summed E-state index contributed by atoms with van der Waals surface area (Å²) in [5.74, 6) is 0.773. The summed E-state index contributed by atoms with van der Waals surface area (Å²) in [4.78, 5) is 2.56. The van der Waals surface area contributed by atoms with Crippen molar-refractivity contribution in [1.29, 1.82) is 0 Å². The highest BCUT2D eigenvalue weighted by Gasteiger charge is 2.19. The Kier molecular flexibility index (Phi) is 5.22. The maximum Gasteiger partial charge on any atom is 0.0234 e. The van der Waals surface area contributed by atoms with Gasteiger partial charge < -0.3 is 5.32 Å². The van der Waals surface area contributed by atoms with Crippen molar-refractivity contribution in [1.82, 2.24) is 10.2 Å². The van der Waals surface area contributed by atoms with Crippen LogP contribution in [0.25, 0.3) is 0 Å². The molecule has 0 bridgehead atoms. The monoisotopic (exact) mass is 310 g/mol. The standard InChI is InChI=1S/C15H23BrN2/c1-12(2)9-15-11-18(8-7-17-15)10-13-3-5-14(16)6-4-13/h3-6,12,15,17H,7-11H2,1-2H3. The van der Waals surface area contributed by atoms with Crippen molar-refractivity contribution in [3.05, 3.63) is 34.3 Å². The molecule has 1 heterocycles. The fraction of sp³-hybridized carbons (Fsp3) is 0.600. The van der Waals surface area contributed by atoms with Gasteiger partial charge in [-0.1, -0.05) is 41.9 Å². The maximum atomic E-state index is 3.63. The van der Waals surface area contributed by atoms with E-state index in [4.69, 9.17) is 0 Å². The van der Waals surface area contributed by atoms with E-state index in [0.29, 0.717) is 6.04 Å². The van der Waals surface area contributed by atoms with E-state index in [1.54, 1.807) is 0 Å². The van der Waals surface area contributed by atoms with Gasteiger partial charge in [-0.2, -0.15) is 0 Å². The van der Waals surface area contributed by atoms with Gasteiger partial charge in [-0.15, -0.1) is 0 Å². The van der Waals surface area contributed by atoms with E-state index in [0.717, 1.165) is 30.0 Å². The number of rotatable bonds is 4. The molecule has 1 atom stereocenters. The molecule has 1 aliphatic heterocycles. The lowest BCUT2D eigenvalue weighted by Gasteiger charge is -2.34. The molecule has 0 radical (unpaired) electrons. The van der Waals surface area contributed by atoms with Crippen LogP contribution in [0.15, 0.2) is 28.7 Å². The number of nitrogens with zero attached hydrogens (tertiary/aromatic N) is 1. The summed E-state index contributed by atoms with van der Waals surface area (Å²) in [6, 6.07) is 9.34. The van der Waals surface area contributed by atoms with Gasteiger partial charge in [0, 0.05) is 36.7 Å². The molecule has 0 aromatic heterocycles. The number of halogens is 1. The van der Waals surface area contributed by atoms with E-state index in [-0.39, 0.29) is 0 Å². The Hall–Kier alpha value is -0.380. The molecule has 18 heavy (non-hydrogen) atoms. The number of hydrogen-bond donors (Lipinski definition) is 1. The molecule has 0 amide bonds. The van der Waals surface area contributed by atoms with Gasteiger partial charge in [-0.25, -0.2) is 0 Å². The molecule has 1 N–H and O–H groups in total. The zero-order valence-electron chi connectivity index (χ0n) is 11.3. The Balaban J connectivity index is 1.87. The van der Waals surface area contributed by atoms with Gasteiger partial charge >= 0.3 is 0 Å². The van der Waals surface area contributed by atoms with Gasteiger partial charge in [0.05, 0.1) is 0 Å². The zero-order valence-corrected chi connectivity index (χ0v) is 12.9. The lowest BCUT2D eigenvalue weighted by molar-refractivity contribution is 0.179. The van der Waals surface area contributed by atoms with E-state index < -0.39 is 0 Å². The molecule has 1 aliphatic rings. The summed E-state index contributed by atoms with van der Waals surface area (Å²) < 4.78 is 1.16. The summed E-state index contributed by atoms with van der Waals surface area (Å²) in [5, 5.41) is 3.63. The molecule has 0 spiro atoms. The fourth-order valence-electron chi connectivity index (χ4n) is 2.61. The van der Waals surface area contributed by atoms with E-state index in [9.17, 15) is 0 Å². The molecule has 100 valence electrons.